The first kappa shape index (κ1) is 10.6. The molecule has 2 N–H and O–H groups in total. The van der Waals surface area contributed by atoms with Crippen molar-refractivity contribution in [3.63, 3.8) is 0 Å². The molecule has 0 saturated heterocycles. The fraction of sp³-hybridized carbons (Fsp3) is 0.286. The number of aliphatic hydroxyl groups excluding tert-OH is 1. The number of aromatic nitrogens is 1. The van der Waals surface area contributed by atoms with Gasteiger partial charge in [0.1, 0.15) is 5.69 Å². The standard InChI is InChI=1S/C7H6F2INO2/c8-7(9)5-6(13)4(10)3(2-12)1-11-5/h1,7,12-13H,2H2. The average Bonchev–Trinajstić information content (AvgIpc) is 2.09. The van der Waals surface area contributed by atoms with Gasteiger partial charge in [-0.3, -0.25) is 4.98 Å². The van der Waals surface area contributed by atoms with Crippen molar-refractivity contribution < 1.29 is 19.0 Å². The molecule has 0 unspecified atom stereocenters. The fourth-order valence-electron chi connectivity index (χ4n) is 0.800. The van der Waals surface area contributed by atoms with E-state index >= 15 is 0 Å². The molecule has 1 aromatic rings. The minimum atomic E-state index is -2.80. The van der Waals surface area contributed by atoms with E-state index in [-0.39, 0.29) is 10.2 Å². The zero-order chi connectivity index (χ0) is 10.0. The third kappa shape index (κ3) is 2.05. The van der Waals surface area contributed by atoms with Gasteiger partial charge >= 0.3 is 0 Å². The normalized spacial score (nSPS) is 10.8. The highest BCUT2D eigenvalue weighted by atomic mass is 127. The van der Waals surface area contributed by atoms with E-state index in [9.17, 15) is 13.9 Å². The number of pyridine rings is 1. The molecule has 0 fully saturated rings. The summed E-state index contributed by atoms with van der Waals surface area (Å²) in [7, 11) is 0. The highest BCUT2D eigenvalue weighted by molar-refractivity contribution is 14.1. The maximum atomic E-state index is 12.2. The zero-order valence-electron chi connectivity index (χ0n) is 6.34. The molecule has 1 rings (SSSR count). The Bertz CT molecular complexity index is 320. The summed E-state index contributed by atoms with van der Waals surface area (Å²) in [6.07, 6.45) is -1.68. The highest BCUT2D eigenvalue weighted by Gasteiger charge is 2.18. The largest absolute Gasteiger partial charge is 0.505 e. The number of alkyl halides is 2. The highest BCUT2D eigenvalue weighted by Crippen LogP contribution is 2.31. The average molecular weight is 301 g/mol. The van der Waals surface area contributed by atoms with E-state index in [2.05, 4.69) is 4.98 Å². The van der Waals surface area contributed by atoms with Gasteiger partial charge in [-0.05, 0) is 22.6 Å². The predicted molar refractivity (Wildman–Crippen MR) is 49.5 cm³/mol. The third-order valence-electron chi connectivity index (χ3n) is 1.47. The van der Waals surface area contributed by atoms with Crippen LogP contribution in [-0.4, -0.2) is 15.2 Å². The second kappa shape index (κ2) is 4.14. The van der Waals surface area contributed by atoms with Crippen molar-refractivity contribution >= 4 is 22.6 Å². The van der Waals surface area contributed by atoms with Crippen LogP contribution >= 0.6 is 22.6 Å². The predicted octanol–water partition coefficient (Wildman–Crippen LogP) is 1.82. The first-order chi connectivity index (χ1) is 6.07. The minimum Gasteiger partial charge on any atom is -0.505 e. The van der Waals surface area contributed by atoms with Gasteiger partial charge in [0.2, 0.25) is 0 Å². The fourth-order valence-corrected chi connectivity index (χ4v) is 1.39. The van der Waals surface area contributed by atoms with E-state index in [1.807, 2.05) is 0 Å². The Kier molecular flexibility index (Phi) is 3.37. The van der Waals surface area contributed by atoms with Crippen molar-refractivity contribution in [2.75, 3.05) is 0 Å². The molecule has 1 heterocycles. The van der Waals surface area contributed by atoms with Crippen LogP contribution < -0.4 is 0 Å². The van der Waals surface area contributed by atoms with E-state index in [1.54, 1.807) is 22.6 Å². The van der Waals surface area contributed by atoms with Crippen LogP contribution in [0.25, 0.3) is 0 Å². The summed E-state index contributed by atoms with van der Waals surface area (Å²) in [4.78, 5) is 3.34. The molecule has 0 aliphatic rings. The maximum absolute atomic E-state index is 12.2. The molecule has 0 aliphatic carbocycles. The molecule has 0 saturated carbocycles. The topological polar surface area (TPSA) is 53.4 Å². The molecular formula is C7H6F2INO2. The van der Waals surface area contributed by atoms with E-state index in [0.717, 1.165) is 6.20 Å². The number of aliphatic hydroxyl groups is 1. The Morgan fingerprint density at radius 1 is 1.54 bits per heavy atom. The summed E-state index contributed by atoms with van der Waals surface area (Å²) in [6, 6.07) is 0. The molecular weight excluding hydrogens is 295 g/mol. The minimum absolute atomic E-state index is 0.213. The van der Waals surface area contributed by atoms with Crippen LogP contribution in [0.2, 0.25) is 0 Å². The Morgan fingerprint density at radius 2 is 2.15 bits per heavy atom. The summed E-state index contributed by atoms with van der Waals surface area (Å²) in [5.74, 6) is -0.554. The van der Waals surface area contributed by atoms with Gasteiger partial charge in [0.25, 0.3) is 6.43 Å². The molecule has 3 nitrogen and oxygen atoms in total. The Balaban J connectivity index is 3.23. The summed E-state index contributed by atoms with van der Waals surface area (Å²) in [5, 5.41) is 17.9. The lowest BCUT2D eigenvalue weighted by Crippen LogP contribution is -1.97. The molecule has 0 bridgehead atoms. The molecule has 0 atom stereocenters. The second-order valence-corrected chi connectivity index (χ2v) is 3.37. The van der Waals surface area contributed by atoms with Crippen LogP contribution in [0.4, 0.5) is 8.78 Å². The molecule has 1 aromatic heterocycles. The number of aromatic hydroxyl groups is 1. The van der Waals surface area contributed by atoms with E-state index < -0.39 is 17.9 Å². The van der Waals surface area contributed by atoms with E-state index in [0.29, 0.717) is 5.56 Å². The van der Waals surface area contributed by atoms with Crippen LogP contribution in [0.15, 0.2) is 6.20 Å². The number of halogens is 3. The maximum Gasteiger partial charge on any atom is 0.284 e. The third-order valence-corrected chi connectivity index (χ3v) is 2.67. The van der Waals surface area contributed by atoms with Crippen LogP contribution in [0.1, 0.15) is 17.7 Å². The lowest BCUT2D eigenvalue weighted by molar-refractivity contribution is 0.141. The van der Waals surface area contributed by atoms with Crippen LogP contribution in [0.5, 0.6) is 5.75 Å². The number of nitrogens with zero attached hydrogens (tertiary/aromatic N) is 1. The smallest absolute Gasteiger partial charge is 0.284 e. The number of rotatable bonds is 2. The Morgan fingerprint density at radius 3 is 2.62 bits per heavy atom. The van der Waals surface area contributed by atoms with Gasteiger partial charge in [-0.2, -0.15) is 0 Å². The SMILES string of the molecule is OCc1cnc(C(F)F)c(O)c1I. The zero-order valence-corrected chi connectivity index (χ0v) is 8.49. The quantitative estimate of drug-likeness (QED) is 0.819. The van der Waals surface area contributed by atoms with E-state index in [4.69, 9.17) is 5.11 Å². The Labute approximate surface area is 86.6 Å². The van der Waals surface area contributed by atoms with Crippen LogP contribution in [0, 0.1) is 3.57 Å². The van der Waals surface area contributed by atoms with Crippen molar-refractivity contribution in [1.29, 1.82) is 0 Å². The monoisotopic (exact) mass is 301 g/mol. The van der Waals surface area contributed by atoms with Gasteiger partial charge in [-0.15, -0.1) is 0 Å². The summed E-state index contributed by atoms with van der Waals surface area (Å²) >= 11 is 1.68. The van der Waals surface area contributed by atoms with E-state index in [1.165, 1.54) is 0 Å². The Hall–Kier alpha value is -0.500. The van der Waals surface area contributed by atoms with Gasteiger partial charge in [0, 0.05) is 11.8 Å². The first-order valence-corrected chi connectivity index (χ1v) is 4.41. The molecule has 13 heavy (non-hydrogen) atoms. The molecule has 0 amide bonds. The van der Waals surface area contributed by atoms with Crippen molar-refractivity contribution in [3.05, 3.63) is 21.0 Å². The second-order valence-electron chi connectivity index (χ2n) is 2.29. The molecule has 0 aromatic carbocycles. The molecule has 72 valence electrons. The van der Waals surface area contributed by atoms with Gasteiger partial charge in [0.05, 0.1) is 10.2 Å². The van der Waals surface area contributed by atoms with Crippen molar-refractivity contribution in [3.8, 4) is 5.75 Å². The molecule has 0 aliphatic heterocycles. The molecule has 6 heteroatoms. The number of hydrogen-bond donors (Lipinski definition) is 2. The lowest BCUT2D eigenvalue weighted by Gasteiger charge is -2.06. The van der Waals surface area contributed by atoms with Gasteiger partial charge in [-0.1, -0.05) is 0 Å². The lowest BCUT2D eigenvalue weighted by atomic mass is 10.2. The number of hydrogen-bond acceptors (Lipinski definition) is 3. The van der Waals surface area contributed by atoms with Crippen molar-refractivity contribution in [1.82, 2.24) is 4.98 Å². The first-order valence-electron chi connectivity index (χ1n) is 3.33. The van der Waals surface area contributed by atoms with Gasteiger partial charge in [0.15, 0.2) is 5.75 Å². The summed E-state index contributed by atoms with van der Waals surface area (Å²) in [5.41, 5.74) is -0.316. The van der Waals surface area contributed by atoms with Crippen molar-refractivity contribution in [2.24, 2.45) is 0 Å². The van der Waals surface area contributed by atoms with Gasteiger partial charge in [-0.25, -0.2) is 8.78 Å². The molecule has 0 radical (unpaired) electrons. The molecule has 0 spiro atoms. The van der Waals surface area contributed by atoms with Crippen molar-refractivity contribution in [2.45, 2.75) is 13.0 Å². The summed E-state index contributed by atoms with van der Waals surface area (Å²) in [6.45, 7) is -0.331. The van der Waals surface area contributed by atoms with Gasteiger partial charge < -0.3 is 10.2 Å². The van der Waals surface area contributed by atoms with Crippen LogP contribution in [-0.2, 0) is 6.61 Å². The van der Waals surface area contributed by atoms with Crippen LogP contribution in [0.3, 0.4) is 0 Å². The summed E-state index contributed by atoms with van der Waals surface area (Å²) < 4.78 is 24.5.